The molecule has 5 nitrogen and oxygen atoms in total. The fraction of sp³-hybridized carbons (Fsp3) is 0.278. The molecule has 0 spiro atoms. The van der Waals surface area contributed by atoms with E-state index >= 15 is 0 Å². The van der Waals surface area contributed by atoms with E-state index in [1.54, 1.807) is 12.4 Å². The Morgan fingerprint density at radius 2 is 1.96 bits per heavy atom. The minimum absolute atomic E-state index is 0.141. The van der Waals surface area contributed by atoms with E-state index in [1.807, 2.05) is 63.2 Å². The van der Waals surface area contributed by atoms with Crippen molar-refractivity contribution in [1.82, 2.24) is 10.4 Å². The van der Waals surface area contributed by atoms with Gasteiger partial charge in [0.15, 0.2) is 0 Å². The van der Waals surface area contributed by atoms with Crippen LogP contribution in [-0.2, 0) is 4.79 Å². The highest BCUT2D eigenvalue weighted by atomic mass is 32.2. The van der Waals surface area contributed by atoms with E-state index in [-0.39, 0.29) is 17.3 Å². The van der Waals surface area contributed by atoms with Crippen LogP contribution < -0.4 is 10.2 Å². The summed E-state index contributed by atoms with van der Waals surface area (Å²) < 4.78 is 5.58. The largest absolute Gasteiger partial charge is 0.491 e. The highest BCUT2D eigenvalue weighted by Gasteiger charge is 2.13. The summed E-state index contributed by atoms with van der Waals surface area (Å²) in [5.74, 6) is 0.647. The number of carbonyl (C=O) groups excluding carboxylic acids is 1. The molecule has 2 rings (SSSR count). The zero-order valence-corrected chi connectivity index (χ0v) is 14.8. The molecular weight excluding hydrogens is 322 g/mol. The fourth-order valence-electron chi connectivity index (χ4n) is 1.82. The smallest absolute Gasteiger partial charge is 0.253 e. The van der Waals surface area contributed by atoms with Gasteiger partial charge in [0.1, 0.15) is 5.75 Å². The van der Waals surface area contributed by atoms with E-state index in [4.69, 9.17) is 4.74 Å². The number of amides is 1. The third-order valence-electron chi connectivity index (χ3n) is 2.94. The van der Waals surface area contributed by atoms with Gasteiger partial charge in [-0.25, -0.2) is 10.4 Å². The van der Waals surface area contributed by atoms with Gasteiger partial charge in [0.2, 0.25) is 0 Å². The molecule has 0 fully saturated rings. The second kappa shape index (κ2) is 9.08. The maximum atomic E-state index is 12.0. The van der Waals surface area contributed by atoms with Crippen molar-refractivity contribution in [1.29, 1.82) is 0 Å². The van der Waals surface area contributed by atoms with E-state index in [0.717, 1.165) is 16.3 Å². The summed E-state index contributed by atoms with van der Waals surface area (Å²) in [6.07, 6.45) is 3.45. The molecule has 1 atom stereocenters. The minimum Gasteiger partial charge on any atom is -0.491 e. The lowest BCUT2D eigenvalue weighted by Crippen LogP contribution is -2.26. The first kappa shape index (κ1) is 18.0. The molecule has 24 heavy (non-hydrogen) atoms. The molecule has 126 valence electrons. The highest BCUT2D eigenvalue weighted by Crippen LogP contribution is 2.20. The maximum absolute atomic E-state index is 12.0. The number of thioether (sulfide) groups is 1. The minimum atomic E-state index is -0.279. The second-order valence-corrected chi connectivity index (χ2v) is 6.76. The quantitative estimate of drug-likeness (QED) is 0.475. The molecule has 6 heteroatoms. The topological polar surface area (TPSA) is 63.6 Å². The third-order valence-corrected chi connectivity index (χ3v) is 4.00. The first-order valence-electron chi connectivity index (χ1n) is 7.72. The Morgan fingerprint density at radius 1 is 1.21 bits per heavy atom. The molecule has 0 saturated carbocycles. The molecule has 2 aromatic rings. The van der Waals surface area contributed by atoms with Crippen molar-refractivity contribution in [2.24, 2.45) is 5.10 Å². The number of ether oxygens (including phenoxy) is 1. The molecule has 0 radical (unpaired) electrons. The van der Waals surface area contributed by atoms with Crippen LogP contribution in [-0.4, -0.2) is 28.5 Å². The summed E-state index contributed by atoms with van der Waals surface area (Å²) >= 11 is 1.39. The Bertz CT molecular complexity index is 672. The van der Waals surface area contributed by atoms with Crippen molar-refractivity contribution in [3.8, 4) is 5.75 Å². The second-order valence-electron chi connectivity index (χ2n) is 5.40. The number of nitrogens with zero attached hydrogens (tertiary/aromatic N) is 2. The number of pyridine rings is 1. The van der Waals surface area contributed by atoms with Gasteiger partial charge >= 0.3 is 0 Å². The lowest BCUT2D eigenvalue weighted by Gasteiger charge is -2.09. The summed E-state index contributed by atoms with van der Waals surface area (Å²) in [7, 11) is 0. The Labute approximate surface area is 146 Å². The Kier molecular flexibility index (Phi) is 6.81. The summed E-state index contributed by atoms with van der Waals surface area (Å²) in [5.41, 5.74) is 3.43. The average molecular weight is 343 g/mol. The molecule has 1 N–H and O–H groups in total. The Balaban J connectivity index is 1.83. The number of nitrogens with one attached hydrogen (secondary N) is 1. The number of benzene rings is 1. The monoisotopic (exact) mass is 343 g/mol. The Hall–Kier alpha value is -2.34. The molecule has 1 heterocycles. The molecule has 0 aliphatic heterocycles. The van der Waals surface area contributed by atoms with Gasteiger partial charge in [-0.05, 0) is 62.7 Å². The van der Waals surface area contributed by atoms with E-state index in [0.29, 0.717) is 0 Å². The summed E-state index contributed by atoms with van der Waals surface area (Å²) in [6.45, 7) is 5.78. The highest BCUT2D eigenvalue weighted by molar-refractivity contribution is 8.00. The lowest BCUT2D eigenvalue weighted by atomic mass is 10.2. The van der Waals surface area contributed by atoms with Crippen molar-refractivity contribution in [2.45, 2.75) is 37.2 Å². The number of hydrazone groups is 1. The van der Waals surface area contributed by atoms with Crippen molar-refractivity contribution in [3.63, 3.8) is 0 Å². The van der Waals surface area contributed by atoms with Crippen LogP contribution >= 0.6 is 11.8 Å². The number of hydrogen-bond acceptors (Lipinski definition) is 5. The van der Waals surface area contributed by atoms with Crippen LogP contribution in [0.4, 0.5) is 0 Å². The van der Waals surface area contributed by atoms with Crippen molar-refractivity contribution in [2.75, 3.05) is 0 Å². The van der Waals surface area contributed by atoms with Gasteiger partial charge in [-0.2, -0.15) is 5.10 Å². The Morgan fingerprint density at radius 3 is 2.58 bits per heavy atom. The summed E-state index contributed by atoms with van der Waals surface area (Å²) in [4.78, 5) is 16.2. The van der Waals surface area contributed by atoms with E-state index in [2.05, 4.69) is 15.5 Å². The number of carbonyl (C=O) groups is 1. The van der Waals surface area contributed by atoms with Crippen molar-refractivity contribution in [3.05, 3.63) is 54.2 Å². The number of rotatable bonds is 7. The van der Waals surface area contributed by atoms with Crippen LogP contribution in [0.1, 0.15) is 26.3 Å². The van der Waals surface area contributed by atoms with Crippen LogP contribution in [0.3, 0.4) is 0 Å². The summed E-state index contributed by atoms with van der Waals surface area (Å²) in [5, 5.41) is 4.53. The van der Waals surface area contributed by atoms with Gasteiger partial charge in [-0.3, -0.25) is 4.79 Å². The molecule has 1 amide bonds. The molecule has 0 unspecified atom stereocenters. The third kappa shape index (κ3) is 6.04. The SMILES string of the molecule is CC(C)Oc1ccc(/C=N\NC(=O)[C@@H](C)Sc2ccccn2)cc1. The lowest BCUT2D eigenvalue weighted by molar-refractivity contribution is -0.120. The zero-order chi connectivity index (χ0) is 17.4. The molecular formula is C18H21N3O2S. The maximum Gasteiger partial charge on any atom is 0.253 e. The molecule has 0 saturated heterocycles. The molecule has 0 bridgehead atoms. The molecule has 0 aliphatic rings. The van der Waals surface area contributed by atoms with Crippen LogP contribution in [0.25, 0.3) is 0 Å². The van der Waals surface area contributed by atoms with Crippen molar-refractivity contribution >= 4 is 23.9 Å². The normalized spacial score (nSPS) is 12.3. The van der Waals surface area contributed by atoms with Gasteiger partial charge in [0.05, 0.1) is 22.6 Å². The van der Waals surface area contributed by atoms with Crippen LogP contribution in [0, 0.1) is 0 Å². The standard InChI is InChI=1S/C18H21N3O2S/c1-13(2)23-16-9-7-15(8-10-16)12-20-21-18(22)14(3)24-17-6-4-5-11-19-17/h4-14H,1-3H3,(H,21,22)/b20-12-/t14-/m1/s1. The summed E-state index contributed by atoms with van der Waals surface area (Å²) in [6, 6.07) is 13.1. The van der Waals surface area contributed by atoms with Gasteiger partial charge in [0, 0.05) is 6.20 Å². The number of hydrogen-bond donors (Lipinski definition) is 1. The molecule has 1 aromatic heterocycles. The fourth-order valence-corrected chi connectivity index (χ4v) is 2.62. The zero-order valence-electron chi connectivity index (χ0n) is 14.0. The first-order chi connectivity index (χ1) is 11.5. The van der Waals surface area contributed by atoms with Gasteiger partial charge in [0.25, 0.3) is 5.91 Å². The first-order valence-corrected chi connectivity index (χ1v) is 8.60. The van der Waals surface area contributed by atoms with Gasteiger partial charge < -0.3 is 4.74 Å². The predicted molar refractivity (Wildman–Crippen MR) is 97.5 cm³/mol. The van der Waals surface area contributed by atoms with Crippen molar-refractivity contribution < 1.29 is 9.53 Å². The van der Waals surface area contributed by atoms with Gasteiger partial charge in [-0.1, -0.05) is 17.8 Å². The van der Waals surface area contributed by atoms with E-state index in [9.17, 15) is 4.79 Å². The molecule has 0 aliphatic carbocycles. The predicted octanol–water partition coefficient (Wildman–Crippen LogP) is 3.50. The van der Waals surface area contributed by atoms with Crippen LogP contribution in [0.2, 0.25) is 0 Å². The molecule has 1 aromatic carbocycles. The van der Waals surface area contributed by atoms with E-state index < -0.39 is 0 Å². The average Bonchev–Trinajstić information content (AvgIpc) is 2.56. The van der Waals surface area contributed by atoms with Crippen LogP contribution in [0.5, 0.6) is 5.75 Å². The number of aromatic nitrogens is 1. The van der Waals surface area contributed by atoms with Gasteiger partial charge in [-0.15, -0.1) is 0 Å². The van der Waals surface area contributed by atoms with Crippen LogP contribution in [0.15, 0.2) is 58.8 Å². The van der Waals surface area contributed by atoms with E-state index in [1.165, 1.54) is 11.8 Å².